The van der Waals surface area contributed by atoms with Gasteiger partial charge in [-0.25, -0.2) is 18.0 Å². The van der Waals surface area contributed by atoms with Crippen molar-refractivity contribution in [3.05, 3.63) is 33.9 Å². The molecule has 0 radical (unpaired) electrons. The van der Waals surface area contributed by atoms with Gasteiger partial charge in [-0.05, 0) is 25.3 Å². The Morgan fingerprint density at radius 2 is 2.03 bits per heavy atom. The van der Waals surface area contributed by atoms with E-state index in [9.17, 15) is 28.6 Å². The number of hydrogen-bond acceptors (Lipinski definition) is 6. The fourth-order valence-corrected chi connectivity index (χ4v) is 4.41. The minimum absolute atomic E-state index is 0.00463. The first-order valence-corrected chi connectivity index (χ1v) is 10.2. The van der Waals surface area contributed by atoms with Crippen LogP contribution in [-0.2, 0) is 0 Å². The number of nitrogens with zero attached hydrogens (tertiary/aromatic N) is 2. The van der Waals surface area contributed by atoms with Gasteiger partial charge in [0.1, 0.15) is 24.0 Å². The lowest BCUT2D eigenvalue weighted by Gasteiger charge is -2.27. The third-order valence-electron chi connectivity index (χ3n) is 6.20. The summed E-state index contributed by atoms with van der Waals surface area (Å²) in [5.74, 6) is -6.88. The average Bonchev–Trinajstić information content (AvgIpc) is 3.49. The Hall–Kier alpha value is -2.79. The topological polar surface area (TPSA) is 112 Å². The number of ether oxygens (including phenoxy) is 1. The van der Waals surface area contributed by atoms with Crippen LogP contribution in [0.2, 0.25) is 0 Å². The van der Waals surface area contributed by atoms with E-state index < -0.39 is 47.3 Å². The average molecular weight is 456 g/mol. The van der Waals surface area contributed by atoms with E-state index in [1.807, 2.05) is 0 Å². The molecule has 0 bridgehead atoms. The maximum absolute atomic E-state index is 15.2. The molecule has 2 heterocycles. The van der Waals surface area contributed by atoms with E-state index in [0.29, 0.717) is 0 Å². The molecule has 1 aromatic carbocycles. The number of carboxylic acid groups (broad SMARTS) is 1. The van der Waals surface area contributed by atoms with Crippen molar-refractivity contribution in [1.29, 1.82) is 0 Å². The van der Waals surface area contributed by atoms with Crippen molar-refractivity contribution in [3.63, 3.8) is 0 Å². The third kappa shape index (κ3) is 3.58. The SMILES string of the molecule is COc1c(N2CCC(C(O)C(F)(F)CO)C2)c(F)cc2c(=O)c(C(=O)O)cn(C3CC3)c12. The Morgan fingerprint density at radius 1 is 1.34 bits per heavy atom. The zero-order chi connectivity index (χ0) is 23.4. The first-order chi connectivity index (χ1) is 15.1. The molecular weight excluding hydrogens is 433 g/mol. The van der Waals surface area contributed by atoms with Crippen LogP contribution in [0, 0.1) is 11.7 Å². The summed E-state index contributed by atoms with van der Waals surface area (Å²) in [5, 5.41) is 28.1. The van der Waals surface area contributed by atoms with Gasteiger partial charge in [-0.15, -0.1) is 0 Å². The van der Waals surface area contributed by atoms with E-state index in [1.54, 1.807) is 4.57 Å². The molecule has 174 valence electrons. The molecule has 0 spiro atoms. The van der Waals surface area contributed by atoms with Crippen molar-refractivity contribution < 1.29 is 38.0 Å². The molecule has 1 aliphatic carbocycles. The summed E-state index contributed by atoms with van der Waals surface area (Å²) in [4.78, 5) is 25.7. The van der Waals surface area contributed by atoms with Gasteiger partial charge in [0.25, 0.3) is 5.92 Å². The molecule has 1 aliphatic heterocycles. The monoisotopic (exact) mass is 456 g/mol. The van der Waals surface area contributed by atoms with Gasteiger partial charge in [0.05, 0.1) is 18.0 Å². The Morgan fingerprint density at radius 3 is 2.59 bits per heavy atom. The fourth-order valence-electron chi connectivity index (χ4n) is 4.41. The number of alkyl halides is 2. The van der Waals surface area contributed by atoms with Crippen LogP contribution in [0.3, 0.4) is 0 Å². The molecule has 1 saturated carbocycles. The van der Waals surface area contributed by atoms with Crippen LogP contribution < -0.4 is 15.1 Å². The Bertz CT molecular complexity index is 1130. The molecule has 2 fully saturated rings. The Labute approximate surface area is 180 Å². The van der Waals surface area contributed by atoms with Gasteiger partial charge < -0.3 is 29.5 Å². The number of benzene rings is 1. The maximum atomic E-state index is 15.2. The molecular formula is C21H23F3N2O6. The molecule has 3 N–H and O–H groups in total. The fraction of sp³-hybridized carbons (Fsp3) is 0.524. The standard InChI is InChI=1S/C21H23F3N2O6/c1-32-18-15-12(17(28)13(20(30)31)8-26(15)11-2-3-11)6-14(22)16(18)25-5-4-10(7-25)19(29)21(23,24)9-27/h6,8,10-11,19,27,29H,2-5,7,9H2,1H3,(H,30,31). The van der Waals surface area contributed by atoms with Gasteiger partial charge in [-0.3, -0.25) is 4.79 Å². The summed E-state index contributed by atoms with van der Waals surface area (Å²) in [6.45, 7) is -1.47. The number of carboxylic acids is 1. The number of aliphatic hydroxyl groups excluding tert-OH is 2. The van der Waals surface area contributed by atoms with Crippen LogP contribution in [-0.4, -0.2) is 64.7 Å². The minimum Gasteiger partial charge on any atom is -0.492 e. The molecule has 0 amide bonds. The first-order valence-electron chi connectivity index (χ1n) is 10.2. The lowest BCUT2D eigenvalue weighted by atomic mass is 9.96. The summed E-state index contributed by atoms with van der Waals surface area (Å²) in [7, 11) is 1.28. The zero-order valence-electron chi connectivity index (χ0n) is 17.2. The van der Waals surface area contributed by atoms with Crippen LogP contribution in [0.5, 0.6) is 5.75 Å². The van der Waals surface area contributed by atoms with Gasteiger partial charge in [0, 0.05) is 31.2 Å². The van der Waals surface area contributed by atoms with Crippen molar-refractivity contribution >= 4 is 22.6 Å². The maximum Gasteiger partial charge on any atom is 0.341 e. The second-order valence-electron chi connectivity index (χ2n) is 8.31. The molecule has 11 heteroatoms. The molecule has 2 aromatic rings. The van der Waals surface area contributed by atoms with Crippen LogP contribution in [0.4, 0.5) is 18.9 Å². The predicted molar refractivity (Wildman–Crippen MR) is 108 cm³/mol. The summed E-state index contributed by atoms with van der Waals surface area (Å²) in [6, 6.07) is 0.882. The third-order valence-corrected chi connectivity index (χ3v) is 6.20. The Balaban J connectivity index is 1.84. The van der Waals surface area contributed by atoms with E-state index >= 15 is 4.39 Å². The van der Waals surface area contributed by atoms with E-state index in [-0.39, 0.29) is 47.9 Å². The van der Waals surface area contributed by atoms with E-state index in [4.69, 9.17) is 9.84 Å². The van der Waals surface area contributed by atoms with Crippen molar-refractivity contribution in [2.24, 2.45) is 5.92 Å². The van der Waals surface area contributed by atoms with Crippen molar-refractivity contribution in [2.75, 3.05) is 31.7 Å². The number of aromatic nitrogens is 1. The number of aromatic carboxylic acids is 1. The highest BCUT2D eigenvalue weighted by molar-refractivity contribution is 5.97. The largest absolute Gasteiger partial charge is 0.492 e. The van der Waals surface area contributed by atoms with Crippen LogP contribution in [0.1, 0.15) is 35.7 Å². The quantitative estimate of drug-likeness (QED) is 0.584. The van der Waals surface area contributed by atoms with Gasteiger partial charge in [0.2, 0.25) is 5.43 Å². The highest BCUT2D eigenvalue weighted by atomic mass is 19.3. The second-order valence-corrected chi connectivity index (χ2v) is 8.31. The van der Waals surface area contributed by atoms with Crippen LogP contribution in [0.15, 0.2) is 17.1 Å². The molecule has 8 nitrogen and oxygen atoms in total. The number of halogens is 3. The lowest BCUT2D eigenvalue weighted by molar-refractivity contribution is -0.152. The normalized spacial score (nSPS) is 20.1. The molecule has 2 atom stereocenters. The van der Waals surface area contributed by atoms with E-state index in [0.717, 1.165) is 18.9 Å². The summed E-state index contributed by atoms with van der Waals surface area (Å²) in [5.41, 5.74) is -1.12. The number of aliphatic hydroxyl groups is 2. The van der Waals surface area contributed by atoms with Gasteiger partial charge in [0.15, 0.2) is 11.6 Å². The van der Waals surface area contributed by atoms with Crippen molar-refractivity contribution in [3.8, 4) is 5.75 Å². The number of hydrogen-bond donors (Lipinski definition) is 3. The van der Waals surface area contributed by atoms with E-state index in [2.05, 4.69) is 0 Å². The Kier molecular flexibility index (Phi) is 5.58. The molecule has 4 rings (SSSR count). The minimum atomic E-state index is -3.69. The number of rotatable bonds is 7. The molecule has 2 aliphatic rings. The zero-order valence-corrected chi connectivity index (χ0v) is 17.2. The highest BCUT2D eigenvalue weighted by Crippen LogP contribution is 2.45. The predicted octanol–water partition coefficient (Wildman–Crippen LogP) is 2.00. The summed E-state index contributed by atoms with van der Waals surface area (Å²) in [6.07, 6.45) is 0.759. The smallest absolute Gasteiger partial charge is 0.341 e. The second kappa shape index (κ2) is 7.96. The number of fused-ring (bicyclic) bond motifs is 1. The molecule has 2 unspecified atom stereocenters. The van der Waals surface area contributed by atoms with Crippen molar-refractivity contribution in [1.82, 2.24) is 4.57 Å². The van der Waals surface area contributed by atoms with Gasteiger partial charge >= 0.3 is 5.97 Å². The number of pyridine rings is 1. The lowest BCUT2D eigenvalue weighted by Crippen LogP contribution is -2.43. The van der Waals surface area contributed by atoms with E-state index in [1.165, 1.54) is 18.2 Å². The van der Waals surface area contributed by atoms with Gasteiger partial charge in [-0.1, -0.05) is 0 Å². The molecule has 1 aromatic heterocycles. The van der Waals surface area contributed by atoms with Gasteiger partial charge in [-0.2, -0.15) is 0 Å². The number of methoxy groups -OCH3 is 1. The van der Waals surface area contributed by atoms with Crippen LogP contribution >= 0.6 is 0 Å². The summed E-state index contributed by atoms with van der Waals surface area (Å²) >= 11 is 0. The molecule has 32 heavy (non-hydrogen) atoms. The first kappa shape index (κ1) is 22.4. The highest BCUT2D eigenvalue weighted by Gasteiger charge is 2.45. The van der Waals surface area contributed by atoms with Crippen LogP contribution in [0.25, 0.3) is 10.9 Å². The summed E-state index contributed by atoms with van der Waals surface area (Å²) < 4.78 is 49.8. The number of anilines is 1. The number of carbonyl (C=O) groups is 1. The van der Waals surface area contributed by atoms with Crippen molar-refractivity contribution in [2.45, 2.75) is 37.3 Å². The molecule has 1 saturated heterocycles.